The van der Waals surface area contributed by atoms with Gasteiger partial charge in [0.25, 0.3) is 0 Å². The van der Waals surface area contributed by atoms with Gasteiger partial charge in [-0.15, -0.1) is 0 Å². The number of ether oxygens (including phenoxy) is 3. The van der Waals surface area contributed by atoms with Gasteiger partial charge in [-0.1, -0.05) is 250 Å². The van der Waals surface area contributed by atoms with Crippen molar-refractivity contribution in [3.63, 3.8) is 0 Å². The molecule has 0 fully saturated rings. The fourth-order valence-electron chi connectivity index (χ4n) is 7.87. The SMILES string of the molecule is CC/C=C\C/C=C\C/C=C\CCCCCC(=O)OC(COC(=O)CCCCCCCCC)COC(=O)CCCCCCCCCCCCCCCCCCCCCCCCCC. The van der Waals surface area contributed by atoms with Crippen LogP contribution in [0.3, 0.4) is 0 Å². The van der Waals surface area contributed by atoms with E-state index in [4.69, 9.17) is 14.2 Å². The van der Waals surface area contributed by atoms with E-state index in [-0.39, 0.29) is 31.1 Å². The summed E-state index contributed by atoms with van der Waals surface area (Å²) in [5.74, 6) is -0.906. The van der Waals surface area contributed by atoms with Crippen LogP contribution in [0.25, 0.3) is 0 Å². The summed E-state index contributed by atoms with van der Waals surface area (Å²) < 4.78 is 16.7. The van der Waals surface area contributed by atoms with Crippen LogP contribution >= 0.6 is 0 Å². The van der Waals surface area contributed by atoms with Gasteiger partial charge in [-0.3, -0.25) is 14.4 Å². The largest absolute Gasteiger partial charge is 0.462 e. The number of esters is 3. The molecule has 6 nitrogen and oxygen atoms in total. The van der Waals surface area contributed by atoms with Gasteiger partial charge >= 0.3 is 17.9 Å². The molecule has 62 heavy (non-hydrogen) atoms. The molecule has 0 aliphatic rings. The molecule has 0 N–H and O–H groups in total. The van der Waals surface area contributed by atoms with Gasteiger partial charge in [-0.2, -0.15) is 0 Å². The minimum atomic E-state index is -0.780. The summed E-state index contributed by atoms with van der Waals surface area (Å²) in [4.78, 5) is 37.8. The van der Waals surface area contributed by atoms with Crippen LogP contribution in [-0.4, -0.2) is 37.2 Å². The van der Waals surface area contributed by atoms with Crippen molar-refractivity contribution in [1.29, 1.82) is 0 Å². The van der Waals surface area contributed by atoms with Crippen LogP contribution in [-0.2, 0) is 28.6 Å². The predicted molar refractivity (Wildman–Crippen MR) is 266 cm³/mol. The molecule has 0 spiro atoms. The summed E-state index contributed by atoms with van der Waals surface area (Å²) in [7, 11) is 0. The molecular formula is C56H102O6. The zero-order valence-electron chi connectivity index (χ0n) is 41.4. The van der Waals surface area contributed by atoms with Gasteiger partial charge in [0.1, 0.15) is 13.2 Å². The number of hydrogen-bond acceptors (Lipinski definition) is 6. The van der Waals surface area contributed by atoms with Crippen molar-refractivity contribution >= 4 is 17.9 Å². The second kappa shape index (κ2) is 51.3. The number of allylic oxidation sites excluding steroid dienone is 6. The molecule has 1 unspecified atom stereocenters. The quantitative estimate of drug-likeness (QED) is 0.0262. The van der Waals surface area contributed by atoms with Crippen molar-refractivity contribution in [3.8, 4) is 0 Å². The summed E-state index contributed by atoms with van der Waals surface area (Å²) in [6.07, 6.45) is 60.3. The molecular weight excluding hydrogens is 769 g/mol. The van der Waals surface area contributed by atoms with Crippen molar-refractivity contribution in [1.82, 2.24) is 0 Å². The third-order valence-corrected chi connectivity index (χ3v) is 11.9. The Bertz CT molecular complexity index is 1050. The van der Waals surface area contributed by atoms with Crippen LogP contribution in [0.4, 0.5) is 0 Å². The van der Waals surface area contributed by atoms with Crippen molar-refractivity contribution in [2.24, 2.45) is 0 Å². The molecule has 0 aromatic heterocycles. The molecule has 0 aromatic carbocycles. The molecule has 0 amide bonds. The second-order valence-corrected chi connectivity index (χ2v) is 18.1. The Morgan fingerprint density at radius 3 is 0.984 bits per heavy atom. The molecule has 0 aromatic rings. The number of carbonyl (C=O) groups is 3. The second-order valence-electron chi connectivity index (χ2n) is 18.1. The lowest BCUT2D eigenvalue weighted by molar-refractivity contribution is -0.167. The summed E-state index contributed by atoms with van der Waals surface area (Å²) in [5.41, 5.74) is 0. The maximum atomic E-state index is 12.7. The molecule has 0 saturated carbocycles. The first-order valence-electron chi connectivity index (χ1n) is 27.0. The number of rotatable bonds is 49. The van der Waals surface area contributed by atoms with Gasteiger partial charge < -0.3 is 14.2 Å². The Balaban J connectivity index is 4.11. The molecule has 1 atom stereocenters. The van der Waals surface area contributed by atoms with Gasteiger partial charge in [-0.25, -0.2) is 0 Å². The third-order valence-electron chi connectivity index (χ3n) is 11.9. The first-order chi connectivity index (χ1) is 30.5. The molecule has 0 rings (SSSR count). The van der Waals surface area contributed by atoms with Gasteiger partial charge in [0.2, 0.25) is 0 Å². The van der Waals surface area contributed by atoms with Gasteiger partial charge in [0, 0.05) is 19.3 Å². The monoisotopic (exact) mass is 871 g/mol. The Hall–Kier alpha value is -2.37. The van der Waals surface area contributed by atoms with Gasteiger partial charge in [0.15, 0.2) is 6.10 Å². The van der Waals surface area contributed by atoms with Crippen molar-refractivity contribution in [2.75, 3.05) is 13.2 Å². The number of carbonyl (C=O) groups excluding carboxylic acids is 3. The molecule has 0 aliphatic heterocycles. The molecule has 0 bridgehead atoms. The number of unbranched alkanes of at least 4 members (excludes halogenated alkanes) is 32. The van der Waals surface area contributed by atoms with Crippen LogP contribution in [0.5, 0.6) is 0 Å². The zero-order chi connectivity index (χ0) is 45.1. The predicted octanol–water partition coefficient (Wildman–Crippen LogP) is 17.7. The molecule has 6 heteroatoms. The van der Waals surface area contributed by atoms with E-state index in [9.17, 15) is 14.4 Å². The first-order valence-corrected chi connectivity index (χ1v) is 27.0. The summed E-state index contributed by atoms with van der Waals surface area (Å²) >= 11 is 0. The minimum Gasteiger partial charge on any atom is -0.462 e. The fraction of sp³-hybridized carbons (Fsp3) is 0.839. The van der Waals surface area contributed by atoms with E-state index in [0.29, 0.717) is 19.3 Å². The van der Waals surface area contributed by atoms with Gasteiger partial charge in [0.05, 0.1) is 0 Å². The smallest absolute Gasteiger partial charge is 0.306 e. The summed E-state index contributed by atoms with van der Waals surface area (Å²) in [6, 6.07) is 0. The molecule has 0 heterocycles. The highest BCUT2D eigenvalue weighted by Crippen LogP contribution is 2.17. The normalized spacial score (nSPS) is 12.2. The molecule has 362 valence electrons. The van der Waals surface area contributed by atoms with E-state index in [1.54, 1.807) is 0 Å². The average Bonchev–Trinajstić information content (AvgIpc) is 3.27. The molecule has 0 saturated heterocycles. The molecule has 0 aliphatic carbocycles. The lowest BCUT2D eigenvalue weighted by Gasteiger charge is -2.18. The lowest BCUT2D eigenvalue weighted by atomic mass is 10.0. The standard InChI is InChI=1S/C56H102O6/c1-4-7-10-13-16-18-20-22-23-24-25-26-27-28-29-30-31-32-34-35-37-40-43-46-49-55(58)61-52-53(51-60-54(57)48-45-42-39-15-12-9-6-3)62-56(59)50-47-44-41-38-36-33-21-19-17-14-11-8-5-2/h8,11,17,19,33,36,53H,4-7,9-10,12-16,18,20-32,34-35,37-52H2,1-3H3/b11-8-,19-17-,36-33-. The van der Waals surface area contributed by atoms with Crippen LogP contribution < -0.4 is 0 Å². The van der Waals surface area contributed by atoms with E-state index in [1.165, 1.54) is 161 Å². The van der Waals surface area contributed by atoms with E-state index in [1.807, 2.05) is 0 Å². The Kier molecular flexibility index (Phi) is 49.3. The minimum absolute atomic E-state index is 0.0805. The van der Waals surface area contributed by atoms with Crippen LogP contribution in [0, 0.1) is 0 Å². The maximum Gasteiger partial charge on any atom is 0.306 e. The third kappa shape index (κ3) is 48.7. The van der Waals surface area contributed by atoms with Crippen molar-refractivity contribution in [3.05, 3.63) is 36.5 Å². The van der Waals surface area contributed by atoms with Crippen molar-refractivity contribution < 1.29 is 28.6 Å². The average molecular weight is 871 g/mol. The topological polar surface area (TPSA) is 78.9 Å². The van der Waals surface area contributed by atoms with E-state index in [2.05, 4.69) is 57.2 Å². The zero-order valence-corrected chi connectivity index (χ0v) is 41.4. The van der Waals surface area contributed by atoms with E-state index >= 15 is 0 Å². The summed E-state index contributed by atoms with van der Waals surface area (Å²) in [5, 5.41) is 0. The van der Waals surface area contributed by atoms with E-state index < -0.39 is 6.10 Å². The molecule has 0 radical (unpaired) electrons. The van der Waals surface area contributed by atoms with Crippen LogP contribution in [0.2, 0.25) is 0 Å². The lowest BCUT2D eigenvalue weighted by Crippen LogP contribution is -2.30. The van der Waals surface area contributed by atoms with Crippen LogP contribution in [0.1, 0.15) is 284 Å². The number of hydrogen-bond donors (Lipinski definition) is 0. The first kappa shape index (κ1) is 59.6. The highest BCUT2D eigenvalue weighted by molar-refractivity contribution is 5.71. The summed E-state index contributed by atoms with van der Waals surface area (Å²) in [6.45, 7) is 6.48. The Labute approximate surface area is 385 Å². The highest BCUT2D eigenvalue weighted by Gasteiger charge is 2.19. The van der Waals surface area contributed by atoms with Crippen molar-refractivity contribution in [2.45, 2.75) is 290 Å². The Morgan fingerprint density at radius 1 is 0.339 bits per heavy atom. The fourth-order valence-corrected chi connectivity index (χ4v) is 7.87. The van der Waals surface area contributed by atoms with Crippen LogP contribution in [0.15, 0.2) is 36.5 Å². The maximum absolute atomic E-state index is 12.7. The van der Waals surface area contributed by atoms with E-state index in [0.717, 1.165) is 83.5 Å². The highest BCUT2D eigenvalue weighted by atomic mass is 16.6. The Morgan fingerprint density at radius 2 is 0.629 bits per heavy atom. The van der Waals surface area contributed by atoms with Gasteiger partial charge in [-0.05, 0) is 51.4 Å².